The molecular weight excluding hydrogens is 312 g/mol. The molecule has 3 rings (SSSR count). The molecule has 3 fully saturated rings. The number of esters is 3. The number of hydrogen-bond acceptors (Lipinski definition) is 6. The Morgan fingerprint density at radius 2 is 2.12 bits per heavy atom. The molecule has 0 aromatic carbocycles. The number of carbonyl (C=O) groups is 3. The lowest BCUT2D eigenvalue weighted by Gasteiger charge is -2.34. The summed E-state index contributed by atoms with van der Waals surface area (Å²) in [6.07, 6.45) is 3.08. The third kappa shape index (κ3) is 2.85. The van der Waals surface area contributed by atoms with Crippen molar-refractivity contribution < 1.29 is 28.6 Å². The molecule has 1 heterocycles. The zero-order valence-corrected chi connectivity index (χ0v) is 13.8. The van der Waals surface area contributed by atoms with Crippen molar-refractivity contribution in [2.45, 2.75) is 44.8 Å². The van der Waals surface area contributed by atoms with Crippen LogP contribution in [0.3, 0.4) is 0 Å². The Morgan fingerprint density at radius 1 is 1.38 bits per heavy atom. The minimum absolute atomic E-state index is 0.0357. The van der Waals surface area contributed by atoms with Gasteiger partial charge in [0.05, 0.1) is 13.0 Å². The predicted octanol–water partition coefficient (Wildman–Crippen LogP) is 1.94. The first-order valence-corrected chi connectivity index (χ1v) is 8.21. The second kappa shape index (κ2) is 6.07. The van der Waals surface area contributed by atoms with Gasteiger partial charge in [-0.05, 0) is 12.8 Å². The molecular formula is C18H22O6. The van der Waals surface area contributed by atoms with Gasteiger partial charge in [-0.3, -0.25) is 4.79 Å². The van der Waals surface area contributed by atoms with Crippen LogP contribution in [0, 0.1) is 17.3 Å². The van der Waals surface area contributed by atoms with Crippen molar-refractivity contribution in [2.75, 3.05) is 6.61 Å². The lowest BCUT2D eigenvalue weighted by Crippen LogP contribution is -2.39. The zero-order valence-electron chi connectivity index (χ0n) is 13.8. The van der Waals surface area contributed by atoms with E-state index in [0.29, 0.717) is 12.8 Å². The Kier molecular flexibility index (Phi) is 4.24. The van der Waals surface area contributed by atoms with Crippen LogP contribution in [-0.2, 0) is 28.6 Å². The molecule has 1 saturated heterocycles. The summed E-state index contributed by atoms with van der Waals surface area (Å²) in [5.41, 5.74) is 0.169. The van der Waals surface area contributed by atoms with E-state index in [1.54, 1.807) is 0 Å². The molecule has 0 N–H and O–H groups in total. The minimum atomic E-state index is -0.533. The molecule has 5 atom stereocenters. The summed E-state index contributed by atoms with van der Waals surface area (Å²) in [6, 6.07) is 0. The highest BCUT2D eigenvalue weighted by molar-refractivity contribution is 5.88. The lowest BCUT2D eigenvalue weighted by molar-refractivity contribution is -0.154. The maximum absolute atomic E-state index is 12.2. The molecule has 0 radical (unpaired) electrons. The fourth-order valence-electron chi connectivity index (χ4n) is 4.42. The van der Waals surface area contributed by atoms with Gasteiger partial charge in [0.25, 0.3) is 0 Å². The zero-order chi connectivity index (χ0) is 17.5. The molecule has 0 aromatic heterocycles. The van der Waals surface area contributed by atoms with Gasteiger partial charge in [-0.15, -0.1) is 0 Å². The molecule has 3 aliphatic rings. The fraction of sp³-hybridized carbons (Fsp3) is 0.611. The number of hydrogen-bond donors (Lipinski definition) is 0. The van der Waals surface area contributed by atoms with Crippen LogP contribution in [-0.4, -0.2) is 36.7 Å². The van der Waals surface area contributed by atoms with Crippen LogP contribution in [0.15, 0.2) is 24.8 Å². The summed E-state index contributed by atoms with van der Waals surface area (Å²) in [7, 11) is 0. The first-order valence-electron chi connectivity index (χ1n) is 8.21. The predicted molar refractivity (Wildman–Crippen MR) is 83.6 cm³/mol. The van der Waals surface area contributed by atoms with E-state index in [-0.39, 0.29) is 54.0 Å². The van der Waals surface area contributed by atoms with Crippen LogP contribution < -0.4 is 0 Å². The fourth-order valence-corrected chi connectivity index (χ4v) is 4.42. The van der Waals surface area contributed by atoms with Crippen LogP contribution in [0.1, 0.15) is 32.6 Å². The van der Waals surface area contributed by atoms with Gasteiger partial charge >= 0.3 is 17.9 Å². The SMILES string of the molecule is C=CC(=O)OCCC(=C)C(=O)OC1CC2(C)CC1C1CC(=O)OC12. The van der Waals surface area contributed by atoms with E-state index in [1.165, 1.54) is 0 Å². The van der Waals surface area contributed by atoms with Gasteiger partial charge in [-0.1, -0.05) is 20.1 Å². The highest BCUT2D eigenvalue weighted by Crippen LogP contribution is 2.61. The van der Waals surface area contributed by atoms with E-state index in [9.17, 15) is 14.4 Å². The first-order chi connectivity index (χ1) is 11.3. The smallest absolute Gasteiger partial charge is 0.333 e. The molecule has 2 bridgehead atoms. The minimum Gasteiger partial charge on any atom is -0.462 e. The first kappa shape index (κ1) is 16.7. The van der Waals surface area contributed by atoms with Crippen LogP contribution in [0.5, 0.6) is 0 Å². The van der Waals surface area contributed by atoms with Crippen molar-refractivity contribution in [3.63, 3.8) is 0 Å². The van der Waals surface area contributed by atoms with Gasteiger partial charge in [-0.25, -0.2) is 9.59 Å². The Hall–Kier alpha value is -2.11. The summed E-state index contributed by atoms with van der Waals surface area (Å²) in [5, 5.41) is 0. The second-order valence-corrected chi connectivity index (χ2v) is 7.17. The molecule has 0 spiro atoms. The number of carbonyl (C=O) groups excluding carboxylic acids is 3. The normalized spacial score (nSPS) is 36.0. The Balaban J connectivity index is 1.53. The van der Waals surface area contributed by atoms with E-state index in [1.807, 2.05) is 0 Å². The number of ether oxygens (including phenoxy) is 3. The molecule has 2 saturated carbocycles. The summed E-state index contributed by atoms with van der Waals surface area (Å²) < 4.78 is 15.9. The van der Waals surface area contributed by atoms with Crippen LogP contribution in [0.4, 0.5) is 0 Å². The molecule has 6 nitrogen and oxygen atoms in total. The van der Waals surface area contributed by atoms with Crippen molar-refractivity contribution in [3.05, 3.63) is 24.8 Å². The third-order valence-electron chi connectivity index (χ3n) is 5.50. The van der Waals surface area contributed by atoms with Crippen molar-refractivity contribution in [1.29, 1.82) is 0 Å². The number of rotatable bonds is 6. The average Bonchev–Trinajstić information content (AvgIpc) is 3.14. The van der Waals surface area contributed by atoms with E-state index in [2.05, 4.69) is 20.1 Å². The summed E-state index contributed by atoms with van der Waals surface area (Å²) in [6.45, 7) is 9.17. The monoisotopic (exact) mass is 334 g/mol. The topological polar surface area (TPSA) is 78.9 Å². The highest BCUT2D eigenvalue weighted by atomic mass is 16.6. The van der Waals surface area contributed by atoms with E-state index < -0.39 is 11.9 Å². The standard InChI is InChI=1S/C18H22O6/c1-4-14(19)22-6-5-10(2)17(21)23-13-9-18(3)8-12(13)11-7-15(20)24-16(11)18/h4,11-13,16H,1-2,5-9H2,3H3. The molecule has 6 heteroatoms. The molecule has 0 amide bonds. The van der Waals surface area contributed by atoms with Crippen molar-refractivity contribution >= 4 is 17.9 Å². The quantitative estimate of drug-likeness (QED) is 0.420. The molecule has 1 aliphatic heterocycles. The van der Waals surface area contributed by atoms with Crippen molar-refractivity contribution in [1.82, 2.24) is 0 Å². The Bertz CT molecular complexity index is 609. The Labute approximate surface area is 140 Å². The summed E-state index contributed by atoms with van der Waals surface area (Å²) in [4.78, 5) is 34.7. The van der Waals surface area contributed by atoms with Gasteiger partial charge in [0.15, 0.2) is 0 Å². The molecule has 130 valence electrons. The highest BCUT2D eigenvalue weighted by Gasteiger charge is 2.65. The average molecular weight is 334 g/mol. The second-order valence-electron chi connectivity index (χ2n) is 7.17. The van der Waals surface area contributed by atoms with Crippen LogP contribution in [0.2, 0.25) is 0 Å². The van der Waals surface area contributed by atoms with Crippen molar-refractivity contribution in [3.8, 4) is 0 Å². The molecule has 0 aromatic rings. The van der Waals surface area contributed by atoms with E-state index in [4.69, 9.17) is 14.2 Å². The van der Waals surface area contributed by atoms with E-state index in [0.717, 1.165) is 12.5 Å². The molecule has 24 heavy (non-hydrogen) atoms. The van der Waals surface area contributed by atoms with E-state index >= 15 is 0 Å². The third-order valence-corrected chi connectivity index (χ3v) is 5.50. The largest absolute Gasteiger partial charge is 0.462 e. The van der Waals surface area contributed by atoms with Crippen LogP contribution in [0.25, 0.3) is 0 Å². The van der Waals surface area contributed by atoms with Gasteiger partial charge in [0, 0.05) is 35.3 Å². The molecule has 5 unspecified atom stereocenters. The maximum Gasteiger partial charge on any atom is 0.333 e. The molecule has 2 aliphatic carbocycles. The van der Waals surface area contributed by atoms with Crippen molar-refractivity contribution in [2.24, 2.45) is 17.3 Å². The van der Waals surface area contributed by atoms with Gasteiger partial charge in [0.1, 0.15) is 12.2 Å². The maximum atomic E-state index is 12.2. The summed E-state index contributed by atoms with van der Waals surface area (Å²) in [5.74, 6) is -0.833. The van der Waals surface area contributed by atoms with Gasteiger partial charge in [0.2, 0.25) is 0 Å². The lowest BCUT2D eigenvalue weighted by atomic mass is 9.77. The Morgan fingerprint density at radius 3 is 2.83 bits per heavy atom. The van der Waals surface area contributed by atoms with Gasteiger partial charge in [-0.2, -0.15) is 0 Å². The number of fused-ring (bicyclic) bond motifs is 5. The van der Waals surface area contributed by atoms with Gasteiger partial charge < -0.3 is 14.2 Å². The summed E-state index contributed by atoms with van der Waals surface area (Å²) >= 11 is 0. The van der Waals surface area contributed by atoms with Crippen LogP contribution >= 0.6 is 0 Å².